The molecule has 6 nitrogen and oxygen atoms in total. The Morgan fingerprint density at radius 1 is 1.00 bits per heavy atom. The first-order valence-corrected chi connectivity index (χ1v) is 12.1. The second-order valence-corrected chi connectivity index (χ2v) is 9.46. The normalized spacial score (nSPS) is 23.9. The van der Waals surface area contributed by atoms with Crippen molar-refractivity contribution in [2.45, 2.75) is 43.7 Å². The minimum absolute atomic E-state index is 0.0510. The van der Waals surface area contributed by atoms with E-state index in [4.69, 9.17) is 4.74 Å². The first kappa shape index (κ1) is 21.4. The van der Waals surface area contributed by atoms with Gasteiger partial charge in [0.1, 0.15) is 0 Å². The highest BCUT2D eigenvalue weighted by Gasteiger charge is 2.42. The number of carbonyl (C=O) groups excluding carboxylic acids is 1. The number of aromatic nitrogens is 1. The van der Waals surface area contributed by atoms with Gasteiger partial charge in [0, 0.05) is 70.0 Å². The van der Waals surface area contributed by atoms with Crippen LogP contribution in [0, 0.1) is 0 Å². The first-order chi connectivity index (χ1) is 15.7. The lowest BCUT2D eigenvalue weighted by atomic mass is 9.81. The zero-order valence-electron chi connectivity index (χ0n) is 18.9. The molecule has 1 aromatic heterocycles. The van der Waals surface area contributed by atoms with Crippen LogP contribution >= 0.6 is 0 Å². The summed E-state index contributed by atoms with van der Waals surface area (Å²) in [6.07, 6.45) is 8.10. The van der Waals surface area contributed by atoms with E-state index in [-0.39, 0.29) is 11.5 Å². The van der Waals surface area contributed by atoms with Gasteiger partial charge in [-0.1, -0.05) is 24.3 Å². The molecule has 1 spiro atoms. The molecule has 4 heterocycles. The molecule has 170 valence electrons. The lowest BCUT2D eigenvalue weighted by molar-refractivity contribution is -0.148. The van der Waals surface area contributed by atoms with Crippen molar-refractivity contribution in [3.8, 4) is 0 Å². The van der Waals surface area contributed by atoms with Gasteiger partial charge in [0.25, 0.3) is 0 Å². The zero-order chi connectivity index (χ0) is 21.8. The smallest absolute Gasteiger partial charge is 0.227 e. The number of hydrogen-bond acceptors (Lipinski definition) is 5. The van der Waals surface area contributed by atoms with Gasteiger partial charge in [-0.05, 0) is 49.4 Å². The molecule has 32 heavy (non-hydrogen) atoms. The standard InChI is InChI=1S/C26H34N4O2/c31-25(19-22-5-4-11-27-21-22)30-12-9-26(10-13-30)20-24(8-18-32-26)29-16-14-28(15-17-29)23-6-2-1-3-7-23/h1-7,11,21,24H,8-10,12-20H2/t24-/m1/s1. The van der Waals surface area contributed by atoms with E-state index in [2.05, 4.69) is 45.1 Å². The third-order valence-electron chi connectivity index (χ3n) is 7.52. The van der Waals surface area contributed by atoms with Crippen molar-refractivity contribution >= 4 is 11.6 Å². The molecule has 0 bridgehead atoms. The Hall–Kier alpha value is -2.44. The van der Waals surface area contributed by atoms with Gasteiger partial charge in [0.15, 0.2) is 0 Å². The number of rotatable bonds is 4. The third kappa shape index (κ3) is 4.81. The highest BCUT2D eigenvalue weighted by Crippen LogP contribution is 2.37. The maximum absolute atomic E-state index is 12.7. The Kier molecular flexibility index (Phi) is 6.42. The van der Waals surface area contributed by atoms with Gasteiger partial charge in [-0.25, -0.2) is 0 Å². The number of hydrogen-bond donors (Lipinski definition) is 0. The largest absolute Gasteiger partial charge is 0.375 e. The second kappa shape index (κ2) is 9.59. The molecule has 6 heteroatoms. The van der Waals surface area contributed by atoms with Crippen LogP contribution in [0.3, 0.4) is 0 Å². The predicted octanol–water partition coefficient (Wildman–Crippen LogP) is 2.99. The van der Waals surface area contributed by atoms with Gasteiger partial charge < -0.3 is 14.5 Å². The van der Waals surface area contributed by atoms with E-state index in [0.29, 0.717) is 12.5 Å². The van der Waals surface area contributed by atoms with Crippen molar-refractivity contribution in [2.75, 3.05) is 50.8 Å². The van der Waals surface area contributed by atoms with Crippen molar-refractivity contribution in [1.82, 2.24) is 14.8 Å². The molecule has 0 saturated carbocycles. The summed E-state index contributed by atoms with van der Waals surface area (Å²) in [4.78, 5) is 24.1. The summed E-state index contributed by atoms with van der Waals surface area (Å²) in [5.41, 5.74) is 2.27. The van der Waals surface area contributed by atoms with Crippen LogP contribution in [-0.2, 0) is 16.0 Å². The number of para-hydroxylation sites is 1. The zero-order valence-corrected chi connectivity index (χ0v) is 18.9. The Balaban J connectivity index is 1.12. The summed E-state index contributed by atoms with van der Waals surface area (Å²) in [5, 5.41) is 0. The minimum Gasteiger partial charge on any atom is -0.375 e. The molecule has 1 atom stereocenters. The number of benzene rings is 1. The van der Waals surface area contributed by atoms with Gasteiger partial charge in [0.2, 0.25) is 5.91 Å². The number of pyridine rings is 1. The Morgan fingerprint density at radius 3 is 2.50 bits per heavy atom. The van der Waals surface area contributed by atoms with E-state index >= 15 is 0 Å². The molecular weight excluding hydrogens is 400 g/mol. The monoisotopic (exact) mass is 434 g/mol. The molecule has 1 aromatic carbocycles. The summed E-state index contributed by atoms with van der Waals surface area (Å²) in [6.45, 7) is 6.85. The molecule has 3 aliphatic rings. The van der Waals surface area contributed by atoms with Gasteiger partial charge in [-0.2, -0.15) is 0 Å². The highest BCUT2D eigenvalue weighted by atomic mass is 16.5. The highest BCUT2D eigenvalue weighted by molar-refractivity contribution is 5.78. The number of anilines is 1. The number of likely N-dealkylation sites (tertiary alicyclic amines) is 1. The van der Waals surface area contributed by atoms with E-state index < -0.39 is 0 Å². The van der Waals surface area contributed by atoms with Gasteiger partial charge in [-0.15, -0.1) is 0 Å². The molecule has 2 aromatic rings. The van der Waals surface area contributed by atoms with E-state index in [0.717, 1.165) is 77.1 Å². The molecule has 1 amide bonds. The van der Waals surface area contributed by atoms with E-state index in [1.165, 1.54) is 5.69 Å². The summed E-state index contributed by atoms with van der Waals surface area (Å²) < 4.78 is 6.38. The van der Waals surface area contributed by atoms with Crippen molar-refractivity contribution in [2.24, 2.45) is 0 Å². The maximum atomic E-state index is 12.7. The fourth-order valence-electron chi connectivity index (χ4n) is 5.60. The Labute approximate surface area is 191 Å². The fraction of sp³-hybridized carbons (Fsp3) is 0.538. The molecule has 0 radical (unpaired) electrons. The molecule has 0 aliphatic carbocycles. The number of amides is 1. The summed E-state index contributed by atoms with van der Waals surface area (Å²) in [7, 11) is 0. The average molecular weight is 435 g/mol. The van der Waals surface area contributed by atoms with E-state index in [9.17, 15) is 4.79 Å². The quantitative estimate of drug-likeness (QED) is 0.741. The van der Waals surface area contributed by atoms with Crippen molar-refractivity contribution in [1.29, 1.82) is 0 Å². The van der Waals surface area contributed by atoms with Gasteiger partial charge in [0.05, 0.1) is 12.0 Å². The lowest BCUT2D eigenvalue weighted by Crippen LogP contribution is -2.57. The van der Waals surface area contributed by atoms with E-state index in [1.807, 2.05) is 17.0 Å². The van der Waals surface area contributed by atoms with Crippen LogP contribution in [0.5, 0.6) is 0 Å². The van der Waals surface area contributed by atoms with Crippen LogP contribution in [0.2, 0.25) is 0 Å². The number of carbonyl (C=O) groups is 1. The third-order valence-corrected chi connectivity index (χ3v) is 7.52. The topological polar surface area (TPSA) is 48.9 Å². The summed E-state index contributed by atoms with van der Waals surface area (Å²) in [6, 6.07) is 15.2. The van der Waals surface area contributed by atoms with Gasteiger partial charge in [-0.3, -0.25) is 14.7 Å². The van der Waals surface area contributed by atoms with Crippen LogP contribution < -0.4 is 4.90 Å². The maximum Gasteiger partial charge on any atom is 0.227 e. The van der Waals surface area contributed by atoms with Crippen LogP contribution in [-0.4, -0.2) is 78.2 Å². The average Bonchev–Trinajstić information content (AvgIpc) is 2.86. The predicted molar refractivity (Wildman–Crippen MR) is 126 cm³/mol. The van der Waals surface area contributed by atoms with Crippen LogP contribution in [0.1, 0.15) is 31.2 Å². The van der Waals surface area contributed by atoms with Gasteiger partial charge >= 0.3 is 0 Å². The van der Waals surface area contributed by atoms with Crippen molar-refractivity contribution < 1.29 is 9.53 Å². The molecule has 5 rings (SSSR count). The molecule has 0 unspecified atom stereocenters. The Bertz CT molecular complexity index is 875. The molecular formula is C26H34N4O2. The SMILES string of the molecule is O=C(Cc1cccnc1)N1CCC2(CC1)C[C@H](N1CCN(c3ccccc3)CC1)CCO2. The Morgan fingerprint density at radius 2 is 1.78 bits per heavy atom. The number of piperazine rings is 1. The summed E-state index contributed by atoms with van der Waals surface area (Å²) in [5.74, 6) is 0.206. The number of piperidine rings is 1. The minimum atomic E-state index is -0.0510. The van der Waals surface area contributed by atoms with Crippen molar-refractivity contribution in [3.63, 3.8) is 0 Å². The molecule has 3 aliphatic heterocycles. The van der Waals surface area contributed by atoms with Crippen LogP contribution in [0.25, 0.3) is 0 Å². The number of nitrogens with zero attached hydrogens (tertiary/aromatic N) is 4. The van der Waals surface area contributed by atoms with E-state index in [1.54, 1.807) is 12.4 Å². The van der Waals surface area contributed by atoms with Crippen molar-refractivity contribution in [3.05, 3.63) is 60.4 Å². The lowest BCUT2D eigenvalue weighted by Gasteiger charge is -2.50. The van der Waals surface area contributed by atoms with Crippen LogP contribution in [0.15, 0.2) is 54.9 Å². The fourth-order valence-corrected chi connectivity index (χ4v) is 5.60. The molecule has 0 N–H and O–H groups in total. The second-order valence-electron chi connectivity index (χ2n) is 9.46. The molecule has 3 saturated heterocycles. The summed E-state index contributed by atoms with van der Waals surface area (Å²) >= 11 is 0. The first-order valence-electron chi connectivity index (χ1n) is 12.1. The number of ether oxygens (including phenoxy) is 1. The molecule has 3 fully saturated rings. The van der Waals surface area contributed by atoms with Crippen LogP contribution in [0.4, 0.5) is 5.69 Å².